The molecule has 1 aliphatic rings. The molecular weight excluding hydrogens is 210 g/mol. The fourth-order valence-corrected chi connectivity index (χ4v) is 2.90. The molecule has 3 rings (SSSR count). The highest BCUT2D eigenvalue weighted by atomic mass is 15.1. The largest absolute Gasteiger partial charge is 0.357 e. The number of nitrogens with one attached hydrogen (secondary N) is 1. The van der Waals surface area contributed by atoms with E-state index in [9.17, 15) is 0 Å². The summed E-state index contributed by atoms with van der Waals surface area (Å²) in [6.45, 7) is 0. The zero-order chi connectivity index (χ0) is 11.8. The van der Waals surface area contributed by atoms with Crippen LogP contribution >= 0.6 is 0 Å². The summed E-state index contributed by atoms with van der Waals surface area (Å²) >= 11 is 0. The van der Waals surface area contributed by atoms with Gasteiger partial charge in [0.25, 0.3) is 0 Å². The van der Waals surface area contributed by atoms with Crippen LogP contribution in [-0.4, -0.2) is 35.0 Å². The van der Waals surface area contributed by atoms with E-state index < -0.39 is 0 Å². The highest BCUT2D eigenvalue weighted by molar-refractivity contribution is 5.83. The maximum Gasteiger partial charge on any atom is 0.0645 e. The Labute approximate surface area is 102 Å². The van der Waals surface area contributed by atoms with Crippen LogP contribution in [0, 0.1) is 0 Å². The Morgan fingerprint density at radius 1 is 1.41 bits per heavy atom. The third-order valence-electron chi connectivity index (χ3n) is 3.93. The van der Waals surface area contributed by atoms with Crippen LogP contribution in [-0.2, 0) is 12.8 Å². The Bertz CT molecular complexity index is 527. The average Bonchev–Trinajstić information content (AvgIpc) is 2.53. The highest BCUT2D eigenvalue weighted by Crippen LogP contribution is 2.28. The molecule has 0 amide bonds. The molecule has 3 nitrogen and oxygen atoms in total. The molecule has 1 N–H and O–H groups in total. The van der Waals surface area contributed by atoms with Crippen molar-refractivity contribution in [3.8, 4) is 0 Å². The molecule has 1 unspecified atom stereocenters. The Kier molecular flexibility index (Phi) is 2.63. The van der Waals surface area contributed by atoms with Gasteiger partial charge in [-0.05, 0) is 51.4 Å². The number of H-pyrrole nitrogens is 1. The van der Waals surface area contributed by atoms with E-state index in [4.69, 9.17) is 0 Å². The van der Waals surface area contributed by atoms with Crippen molar-refractivity contribution >= 4 is 10.9 Å². The maximum absolute atomic E-state index is 4.19. The van der Waals surface area contributed by atoms with Crippen LogP contribution in [0.5, 0.6) is 0 Å². The maximum atomic E-state index is 4.19. The molecule has 0 fully saturated rings. The number of aromatic amines is 1. The van der Waals surface area contributed by atoms with Gasteiger partial charge in [0, 0.05) is 23.3 Å². The third kappa shape index (κ3) is 1.84. The van der Waals surface area contributed by atoms with Gasteiger partial charge in [-0.1, -0.05) is 0 Å². The topological polar surface area (TPSA) is 31.9 Å². The van der Waals surface area contributed by atoms with Crippen molar-refractivity contribution in [2.45, 2.75) is 31.7 Å². The number of hydrogen-bond acceptors (Lipinski definition) is 2. The molecule has 2 heterocycles. The monoisotopic (exact) mass is 229 g/mol. The van der Waals surface area contributed by atoms with E-state index >= 15 is 0 Å². The van der Waals surface area contributed by atoms with Gasteiger partial charge in [0.05, 0.1) is 11.7 Å². The minimum atomic E-state index is 0.670. The van der Waals surface area contributed by atoms with Crippen LogP contribution in [0.4, 0.5) is 0 Å². The molecule has 0 bridgehead atoms. The number of nitrogens with zero attached hydrogens (tertiary/aromatic N) is 2. The molecular formula is C14H19N3. The Morgan fingerprint density at radius 3 is 3.12 bits per heavy atom. The number of aromatic nitrogens is 2. The van der Waals surface area contributed by atoms with Crippen molar-refractivity contribution in [3.63, 3.8) is 0 Å². The summed E-state index contributed by atoms with van der Waals surface area (Å²) in [6.07, 6.45) is 8.74. The van der Waals surface area contributed by atoms with Gasteiger partial charge in [-0.3, -0.25) is 4.98 Å². The van der Waals surface area contributed by atoms with Gasteiger partial charge in [-0.15, -0.1) is 0 Å². The van der Waals surface area contributed by atoms with Crippen molar-refractivity contribution in [3.05, 3.63) is 29.7 Å². The lowest BCUT2D eigenvalue weighted by Crippen LogP contribution is -2.29. The van der Waals surface area contributed by atoms with E-state index in [1.807, 2.05) is 12.4 Å². The Balaban J connectivity index is 2.08. The number of hydrogen-bond donors (Lipinski definition) is 1. The van der Waals surface area contributed by atoms with E-state index in [0.717, 1.165) is 6.42 Å². The number of rotatable bonds is 1. The van der Waals surface area contributed by atoms with Crippen LogP contribution in [0.3, 0.4) is 0 Å². The molecule has 2 aromatic heterocycles. The third-order valence-corrected chi connectivity index (χ3v) is 3.93. The normalized spacial score (nSPS) is 20.5. The summed E-state index contributed by atoms with van der Waals surface area (Å²) in [6, 6.07) is 2.81. The van der Waals surface area contributed by atoms with Gasteiger partial charge in [0.2, 0.25) is 0 Å². The smallest absolute Gasteiger partial charge is 0.0645 e. The van der Waals surface area contributed by atoms with Crippen molar-refractivity contribution in [1.82, 2.24) is 14.9 Å². The molecule has 2 aromatic rings. The summed E-state index contributed by atoms with van der Waals surface area (Å²) in [5, 5.41) is 1.36. The van der Waals surface area contributed by atoms with E-state index in [1.165, 1.54) is 41.4 Å². The predicted molar refractivity (Wildman–Crippen MR) is 70.2 cm³/mol. The van der Waals surface area contributed by atoms with Crippen LogP contribution in [0.1, 0.15) is 24.1 Å². The first-order valence-corrected chi connectivity index (χ1v) is 6.35. The molecule has 0 saturated carbocycles. The molecule has 1 atom stereocenters. The average molecular weight is 229 g/mol. The fourth-order valence-electron chi connectivity index (χ4n) is 2.90. The minimum Gasteiger partial charge on any atom is -0.357 e. The zero-order valence-electron chi connectivity index (χ0n) is 10.5. The fraction of sp³-hybridized carbons (Fsp3) is 0.500. The zero-order valence-corrected chi connectivity index (χ0v) is 10.5. The number of likely N-dealkylation sites (N-methyl/N-ethyl adjacent to an activating group) is 1. The van der Waals surface area contributed by atoms with Crippen molar-refractivity contribution in [2.75, 3.05) is 14.1 Å². The van der Waals surface area contributed by atoms with Crippen molar-refractivity contribution < 1.29 is 0 Å². The molecule has 0 radical (unpaired) electrons. The van der Waals surface area contributed by atoms with Crippen LogP contribution in [0.15, 0.2) is 18.5 Å². The van der Waals surface area contributed by atoms with Gasteiger partial charge in [0.15, 0.2) is 0 Å². The van der Waals surface area contributed by atoms with Crippen molar-refractivity contribution in [1.29, 1.82) is 0 Å². The second-order valence-electron chi connectivity index (χ2n) is 5.22. The van der Waals surface area contributed by atoms with Crippen LogP contribution in [0.2, 0.25) is 0 Å². The predicted octanol–water partition coefficient (Wildman–Crippen LogP) is 2.37. The second kappa shape index (κ2) is 4.15. The minimum absolute atomic E-state index is 0.670. The first-order chi connectivity index (χ1) is 8.25. The first kappa shape index (κ1) is 10.8. The number of fused-ring (bicyclic) bond motifs is 3. The van der Waals surface area contributed by atoms with Crippen LogP contribution < -0.4 is 0 Å². The Hall–Kier alpha value is -1.35. The lowest BCUT2D eigenvalue weighted by atomic mass is 10.0. The standard InChI is InChI=1S/C14H19N3/c1-17(2)10-4-3-5-13-12(8-10)11-6-7-15-9-14(11)16-13/h6-7,9-10,16H,3-5,8H2,1-2H3. The highest BCUT2D eigenvalue weighted by Gasteiger charge is 2.21. The first-order valence-electron chi connectivity index (χ1n) is 6.35. The molecule has 0 aliphatic heterocycles. The summed E-state index contributed by atoms with van der Waals surface area (Å²) in [4.78, 5) is 10.1. The molecule has 0 aromatic carbocycles. The van der Waals surface area contributed by atoms with E-state index in [1.54, 1.807) is 0 Å². The Morgan fingerprint density at radius 2 is 2.29 bits per heavy atom. The number of pyridine rings is 1. The molecule has 0 saturated heterocycles. The lowest BCUT2D eigenvalue weighted by Gasteiger charge is -2.22. The summed E-state index contributed by atoms with van der Waals surface area (Å²) in [7, 11) is 4.37. The second-order valence-corrected chi connectivity index (χ2v) is 5.22. The summed E-state index contributed by atoms with van der Waals surface area (Å²) in [5.41, 5.74) is 4.13. The van der Waals surface area contributed by atoms with Gasteiger partial charge < -0.3 is 9.88 Å². The summed E-state index contributed by atoms with van der Waals surface area (Å²) < 4.78 is 0. The van der Waals surface area contributed by atoms with E-state index in [2.05, 4.69) is 35.0 Å². The van der Waals surface area contributed by atoms with Gasteiger partial charge in [-0.25, -0.2) is 0 Å². The van der Waals surface area contributed by atoms with Crippen LogP contribution in [0.25, 0.3) is 10.9 Å². The SMILES string of the molecule is CN(C)C1CCCc2[nH]c3cnccc3c2C1. The van der Waals surface area contributed by atoms with Gasteiger partial charge in [-0.2, -0.15) is 0 Å². The quantitative estimate of drug-likeness (QED) is 0.761. The van der Waals surface area contributed by atoms with Gasteiger partial charge >= 0.3 is 0 Å². The van der Waals surface area contributed by atoms with Gasteiger partial charge in [0.1, 0.15) is 0 Å². The molecule has 0 spiro atoms. The molecule has 1 aliphatic carbocycles. The molecule has 3 heteroatoms. The van der Waals surface area contributed by atoms with E-state index in [0.29, 0.717) is 6.04 Å². The lowest BCUT2D eigenvalue weighted by molar-refractivity contribution is 0.277. The molecule has 90 valence electrons. The van der Waals surface area contributed by atoms with E-state index in [-0.39, 0.29) is 0 Å². The summed E-state index contributed by atoms with van der Waals surface area (Å²) in [5.74, 6) is 0. The molecule has 17 heavy (non-hydrogen) atoms. The van der Waals surface area contributed by atoms with Crippen molar-refractivity contribution in [2.24, 2.45) is 0 Å². The number of aryl methyl sites for hydroxylation is 1.